The Hall–Kier alpha value is -4.18. The molecule has 0 unspecified atom stereocenters. The van der Waals surface area contributed by atoms with Crippen molar-refractivity contribution >= 4 is 17.5 Å². The maximum Gasteiger partial charge on any atom is 0.238 e. The molecule has 0 spiro atoms. The van der Waals surface area contributed by atoms with Gasteiger partial charge >= 0.3 is 0 Å². The Balaban J connectivity index is 1.26. The summed E-state index contributed by atoms with van der Waals surface area (Å²) in [6, 6.07) is 31.7. The van der Waals surface area contributed by atoms with E-state index in [1.54, 1.807) is 12.1 Å². The first-order valence-corrected chi connectivity index (χ1v) is 12.0. The van der Waals surface area contributed by atoms with E-state index in [4.69, 9.17) is 4.74 Å². The van der Waals surface area contributed by atoms with Gasteiger partial charge < -0.3 is 4.74 Å². The molecular formula is C31H23NO3. The summed E-state index contributed by atoms with van der Waals surface area (Å²) in [5.41, 5.74) is 6.44. The molecule has 4 heteroatoms. The van der Waals surface area contributed by atoms with Crippen LogP contribution in [0.25, 0.3) is 0 Å². The summed E-state index contributed by atoms with van der Waals surface area (Å²) in [6.07, 6.45) is 0. The van der Waals surface area contributed by atoms with E-state index in [0.29, 0.717) is 11.4 Å². The van der Waals surface area contributed by atoms with Crippen molar-refractivity contribution in [3.8, 4) is 11.5 Å². The number of carbonyl (C=O) groups excluding carboxylic acids is 2. The van der Waals surface area contributed by atoms with E-state index in [9.17, 15) is 9.59 Å². The summed E-state index contributed by atoms with van der Waals surface area (Å²) in [5.74, 6) is 0.268. The Kier molecular flexibility index (Phi) is 4.28. The zero-order valence-electron chi connectivity index (χ0n) is 19.2. The molecule has 170 valence electrons. The maximum absolute atomic E-state index is 13.8. The molecule has 8 rings (SSSR count). The molecule has 0 aromatic heterocycles. The van der Waals surface area contributed by atoms with Gasteiger partial charge in [-0.3, -0.25) is 9.59 Å². The lowest BCUT2D eigenvalue weighted by Gasteiger charge is -2.45. The van der Waals surface area contributed by atoms with Crippen LogP contribution in [-0.4, -0.2) is 11.8 Å². The number of hydrogen-bond donors (Lipinski definition) is 0. The van der Waals surface area contributed by atoms with Crippen LogP contribution in [0.3, 0.4) is 0 Å². The highest BCUT2D eigenvalue weighted by molar-refractivity contribution is 6.23. The van der Waals surface area contributed by atoms with Crippen LogP contribution in [0.2, 0.25) is 0 Å². The van der Waals surface area contributed by atoms with Gasteiger partial charge in [0.15, 0.2) is 0 Å². The van der Waals surface area contributed by atoms with Gasteiger partial charge in [-0.05, 0) is 71.1 Å². The van der Waals surface area contributed by atoms with E-state index < -0.39 is 0 Å². The van der Waals surface area contributed by atoms with Crippen LogP contribution in [0.4, 0.5) is 5.69 Å². The SMILES string of the molecule is Cc1cccc(Oc2ccc(N3C(=O)[C@@H]4C5c6ccccc6C(c6ccccc65)[C@H]4C3=O)cc2)c1. The van der Waals surface area contributed by atoms with Gasteiger partial charge in [-0.2, -0.15) is 0 Å². The Bertz CT molecular complexity index is 1390. The number of amides is 2. The number of carbonyl (C=O) groups is 2. The lowest BCUT2D eigenvalue weighted by Crippen LogP contribution is -2.41. The highest BCUT2D eigenvalue weighted by atomic mass is 16.5. The molecule has 0 N–H and O–H groups in total. The van der Waals surface area contributed by atoms with Crippen molar-refractivity contribution in [2.45, 2.75) is 18.8 Å². The topological polar surface area (TPSA) is 46.6 Å². The zero-order valence-corrected chi connectivity index (χ0v) is 19.2. The van der Waals surface area contributed by atoms with Crippen molar-refractivity contribution in [2.75, 3.05) is 4.90 Å². The molecule has 2 bridgehead atoms. The number of anilines is 1. The molecule has 0 saturated carbocycles. The van der Waals surface area contributed by atoms with Crippen LogP contribution in [0, 0.1) is 18.8 Å². The minimum atomic E-state index is -0.375. The summed E-state index contributed by atoms with van der Waals surface area (Å²) < 4.78 is 5.97. The molecule has 2 amide bonds. The summed E-state index contributed by atoms with van der Waals surface area (Å²) in [5, 5.41) is 0. The fraction of sp³-hybridized carbons (Fsp3) is 0.161. The standard InChI is InChI=1S/C31H23NO3/c1-18-7-6-8-21(17-18)35-20-15-13-19(14-16-20)32-30(33)28-26-22-9-2-3-10-23(22)27(29(28)31(32)34)25-12-5-4-11-24(25)26/h2-17,26-29H,1H3/t26?,27?,28-,29-/m1/s1. The number of ether oxygens (including phenoxy) is 1. The smallest absolute Gasteiger partial charge is 0.238 e. The summed E-state index contributed by atoms with van der Waals surface area (Å²) in [4.78, 5) is 29.1. The number of rotatable bonds is 3. The molecule has 1 saturated heterocycles. The van der Waals surface area contributed by atoms with Crippen molar-refractivity contribution in [3.63, 3.8) is 0 Å². The van der Waals surface area contributed by atoms with Crippen LogP contribution in [0.5, 0.6) is 11.5 Å². The Morgan fingerprint density at radius 2 is 1.11 bits per heavy atom. The third-order valence-electron chi connectivity index (χ3n) is 7.77. The first-order valence-electron chi connectivity index (χ1n) is 12.0. The van der Waals surface area contributed by atoms with Crippen molar-refractivity contribution in [1.29, 1.82) is 0 Å². The summed E-state index contributed by atoms with van der Waals surface area (Å²) in [7, 11) is 0. The Labute approximate surface area is 203 Å². The number of aryl methyl sites for hydroxylation is 1. The van der Waals surface area contributed by atoms with Crippen molar-refractivity contribution in [2.24, 2.45) is 11.8 Å². The molecule has 0 radical (unpaired) electrons. The average Bonchev–Trinajstić information content (AvgIpc) is 3.15. The van der Waals surface area contributed by atoms with E-state index >= 15 is 0 Å². The molecule has 1 heterocycles. The molecule has 4 aromatic carbocycles. The van der Waals surface area contributed by atoms with E-state index in [0.717, 1.165) is 11.3 Å². The van der Waals surface area contributed by atoms with Gasteiger partial charge in [-0.1, -0.05) is 60.7 Å². The Morgan fingerprint density at radius 1 is 0.600 bits per heavy atom. The van der Waals surface area contributed by atoms with Gasteiger partial charge in [-0.25, -0.2) is 4.90 Å². The highest BCUT2D eigenvalue weighted by Gasteiger charge is 2.61. The Morgan fingerprint density at radius 3 is 1.60 bits per heavy atom. The number of hydrogen-bond acceptors (Lipinski definition) is 3. The van der Waals surface area contributed by atoms with Crippen molar-refractivity contribution in [3.05, 3.63) is 125 Å². The van der Waals surface area contributed by atoms with E-state index in [1.807, 2.05) is 67.6 Å². The molecule has 1 fully saturated rings. The molecule has 4 aliphatic rings. The van der Waals surface area contributed by atoms with E-state index in [1.165, 1.54) is 27.2 Å². The van der Waals surface area contributed by atoms with Gasteiger partial charge in [0.1, 0.15) is 11.5 Å². The van der Waals surface area contributed by atoms with E-state index in [2.05, 4.69) is 24.3 Å². The molecule has 4 nitrogen and oxygen atoms in total. The van der Waals surface area contributed by atoms with Gasteiger partial charge in [0.05, 0.1) is 17.5 Å². The molecule has 35 heavy (non-hydrogen) atoms. The second kappa shape index (κ2) is 7.41. The first-order chi connectivity index (χ1) is 17.1. The summed E-state index contributed by atoms with van der Waals surface area (Å²) in [6.45, 7) is 2.02. The minimum absolute atomic E-state index is 0.0947. The monoisotopic (exact) mass is 457 g/mol. The lowest BCUT2D eigenvalue weighted by molar-refractivity contribution is -0.122. The number of imide groups is 1. The van der Waals surface area contributed by atoms with Crippen LogP contribution in [0.15, 0.2) is 97.1 Å². The van der Waals surface area contributed by atoms with Gasteiger partial charge in [-0.15, -0.1) is 0 Å². The summed E-state index contributed by atoms with van der Waals surface area (Å²) >= 11 is 0. The van der Waals surface area contributed by atoms with E-state index in [-0.39, 0.29) is 35.5 Å². The fourth-order valence-electron chi connectivity index (χ4n) is 6.41. The van der Waals surface area contributed by atoms with Crippen LogP contribution < -0.4 is 9.64 Å². The average molecular weight is 458 g/mol. The maximum atomic E-state index is 13.8. The number of benzene rings is 4. The molecule has 4 aromatic rings. The predicted octanol–water partition coefficient (Wildman–Crippen LogP) is 6.18. The third kappa shape index (κ3) is 2.86. The van der Waals surface area contributed by atoms with Gasteiger partial charge in [0, 0.05) is 11.8 Å². The first kappa shape index (κ1) is 20.2. The van der Waals surface area contributed by atoms with Crippen LogP contribution in [-0.2, 0) is 9.59 Å². The van der Waals surface area contributed by atoms with Crippen molar-refractivity contribution in [1.82, 2.24) is 0 Å². The molecule has 1 aliphatic heterocycles. The fourth-order valence-corrected chi connectivity index (χ4v) is 6.41. The molecule has 2 atom stereocenters. The van der Waals surface area contributed by atoms with Crippen LogP contribution >= 0.6 is 0 Å². The number of nitrogens with zero attached hydrogens (tertiary/aromatic N) is 1. The lowest BCUT2D eigenvalue weighted by atomic mass is 9.55. The normalized spacial score (nSPS) is 23.6. The second-order valence-electron chi connectivity index (χ2n) is 9.69. The van der Waals surface area contributed by atoms with Crippen molar-refractivity contribution < 1.29 is 14.3 Å². The van der Waals surface area contributed by atoms with Gasteiger partial charge in [0.25, 0.3) is 0 Å². The minimum Gasteiger partial charge on any atom is -0.457 e. The quantitative estimate of drug-likeness (QED) is 0.345. The molecule has 3 aliphatic carbocycles. The predicted molar refractivity (Wildman–Crippen MR) is 134 cm³/mol. The highest BCUT2D eigenvalue weighted by Crippen LogP contribution is 2.61. The largest absolute Gasteiger partial charge is 0.457 e. The zero-order chi connectivity index (χ0) is 23.7. The van der Waals surface area contributed by atoms with Crippen LogP contribution in [0.1, 0.15) is 39.7 Å². The third-order valence-corrected chi connectivity index (χ3v) is 7.77. The molecular weight excluding hydrogens is 434 g/mol. The van der Waals surface area contributed by atoms with Gasteiger partial charge in [0.2, 0.25) is 11.8 Å². The second-order valence-corrected chi connectivity index (χ2v) is 9.69.